The molecule has 19 heavy (non-hydrogen) atoms. The molecular weight excluding hydrogens is 245 g/mol. The smallest absolute Gasteiger partial charge is 0.488 e. The summed E-state index contributed by atoms with van der Waals surface area (Å²) in [7, 11) is -1.51. The zero-order valence-electron chi connectivity index (χ0n) is 10.3. The molecule has 0 bridgehead atoms. The number of pyridine rings is 1. The average molecular weight is 259 g/mol. The van der Waals surface area contributed by atoms with Crippen molar-refractivity contribution in [3.8, 4) is 5.75 Å². The fourth-order valence-electron chi connectivity index (χ4n) is 1.67. The van der Waals surface area contributed by atoms with Gasteiger partial charge in [0.15, 0.2) is 0 Å². The minimum absolute atomic E-state index is 0.0781. The van der Waals surface area contributed by atoms with Crippen LogP contribution in [0.25, 0.3) is 0 Å². The third-order valence-electron chi connectivity index (χ3n) is 2.66. The predicted octanol–water partition coefficient (Wildman–Crippen LogP) is -0.393. The van der Waals surface area contributed by atoms with Crippen molar-refractivity contribution in [3.05, 3.63) is 59.0 Å². The van der Waals surface area contributed by atoms with Gasteiger partial charge in [-0.25, -0.2) is 0 Å². The molecule has 0 spiro atoms. The van der Waals surface area contributed by atoms with Gasteiger partial charge in [-0.1, -0.05) is 18.2 Å². The monoisotopic (exact) mass is 259 g/mol. The van der Waals surface area contributed by atoms with Crippen molar-refractivity contribution in [3.63, 3.8) is 0 Å². The van der Waals surface area contributed by atoms with Gasteiger partial charge in [-0.15, -0.1) is 0 Å². The van der Waals surface area contributed by atoms with Crippen molar-refractivity contribution in [2.24, 2.45) is 0 Å². The predicted molar refractivity (Wildman–Crippen MR) is 72.5 cm³/mol. The van der Waals surface area contributed by atoms with Gasteiger partial charge in [0.05, 0.1) is 6.54 Å². The van der Waals surface area contributed by atoms with E-state index < -0.39 is 7.12 Å². The minimum atomic E-state index is -1.51. The van der Waals surface area contributed by atoms with E-state index in [4.69, 9.17) is 14.8 Å². The highest BCUT2D eigenvalue weighted by Gasteiger charge is 2.10. The fraction of sp³-hybridized carbons (Fsp3) is 0.154. The molecule has 0 saturated carbocycles. The second-order valence-electron chi connectivity index (χ2n) is 4.03. The highest BCUT2D eigenvalue weighted by molar-refractivity contribution is 6.58. The molecule has 1 aromatic heterocycles. The third kappa shape index (κ3) is 3.71. The Hall–Kier alpha value is -2.05. The van der Waals surface area contributed by atoms with E-state index in [9.17, 15) is 4.79 Å². The van der Waals surface area contributed by atoms with E-state index in [0.29, 0.717) is 24.4 Å². The van der Waals surface area contributed by atoms with Crippen LogP contribution in [0.5, 0.6) is 5.75 Å². The second kappa shape index (κ2) is 6.22. The third-order valence-corrected chi connectivity index (χ3v) is 2.66. The molecule has 0 unspecified atom stereocenters. The van der Waals surface area contributed by atoms with Gasteiger partial charge in [0.1, 0.15) is 12.4 Å². The van der Waals surface area contributed by atoms with E-state index in [1.54, 1.807) is 47.2 Å². The number of benzene rings is 1. The van der Waals surface area contributed by atoms with Crippen molar-refractivity contribution in [2.45, 2.75) is 6.54 Å². The van der Waals surface area contributed by atoms with Crippen LogP contribution in [0.3, 0.4) is 0 Å². The molecule has 0 amide bonds. The summed E-state index contributed by atoms with van der Waals surface area (Å²) in [5, 5.41) is 18.1. The van der Waals surface area contributed by atoms with Crippen molar-refractivity contribution in [1.82, 2.24) is 4.57 Å². The van der Waals surface area contributed by atoms with Crippen molar-refractivity contribution in [1.29, 1.82) is 0 Å². The van der Waals surface area contributed by atoms with Crippen LogP contribution in [0.4, 0.5) is 0 Å². The quantitative estimate of drug-likeness (QED) is 0.717. The molecule has 0 radical (unpaired) electrons. The van der Waals surface area contributed by atoms with Gasteiger partial charge < -0.3 is 19.4 Å². The van der Waals surface area contributed by atoms with Crippen LogP contribution in [0, 0.1) is 0 Å². The summed E-state index contributed by atoms with van der Waals surface area (Å²) < 4.78 is 7.02. The van der Waals surface area contributed by atoms with Crippen molar-refractivity contribution in [2.75, 3.05) is 6.61 Å². The Morgan fingerprint density at radius 3 is 2.74 bits per heavy atom. The van der Waals surface area contributed by atoms with Crippen LogP contribution in [-0.4, -0.2) is 28.3 Å². The topological polar surface area (TPSA) is 71.7 Å². The van der Waals surface area contributed by atoms with E-state index in [2.05, 4.69) is 0 Å². The summed E-state index contributed by atoms with van der Waals surface area (Å²) >= 11 is 0. The molecule has 2 rings (SSSR count). The zero-order chi connectivity index (χ0) is 13.7. The molecule has 2 aromatic rings. The molecule has 5 nitrogen and oxygen atoms in total. The van der Waals surface area contributed by atoms with Crippen LogP contribution in [0.1, 0.15) is 0 Å². The minimum Gasteiger partial charge on any atom is -0.492 e. The average Bonchev–Trinajstić information content (AvgIpc) is 2.41. The van der Waals surface area contributed by atoms with E-state index in [-0.39, 0.29) is 5.56 Å². The Morgan fingerprint density at radius 1 is 1.16 bits per heavy atom. The van der Waals surface area contributed by atoms with Gasteiger partial charge in [-0.2, -0.15) is 0 Å². The standard InChI is InChI=1S/C13H14BNO4/c16-13-6-1-2-7-15(13)8-9-19-12-5-3-4-11(10-12)14(17)18/h1-7,10,17-18H,8-9H2. The van der Waals surface area contributed by atoms with Gasteiger partial charge in [-0.3, -0.25) is 4.79 Å². The van der Waals surface area contributed by atoms with Crippen molar-refractivity contribution < 1.29 is 14.8 Å². The molecule has 0 fully saturated rings. The number of ether oxygens (including phenoxy) is 1. The first-order valence-electron chi connectivity index (χ1n) is 5.91. The molecule has 0 saturated heterocycles. The van der Waals surface area contributed by atoms with Crippen LogP contribution >= 0.6 is 0 Å². The fourth-order valence-corrected chi connectivity index (χ4v) is 1.67. The summed E-state index contributed by atoms with van der Waals surface area (Å²) in [5.74, 6) is 0.537. The Labute approximate surface area is 110 Å². The molecular formula is C13H14BNO4. The number of nitrogens with zero attached hydrogens (tertiary/aromatic N) is 1. The van der Waals surface area contributed by atoms with E-state index in [1.807, 2.05) is 0 Å². The second-order valence-corrected chi connectivity index (χ2v) is 4.03. The maximum absolute atomic E-state index is 11.4. The van der Waals surface area contributed by atoms with E-state index in [0.717, 1.165) is 0 Å². The van der Waals surface area contributed by atoms with Gasteiger partial charge in [0, 0.05) is 12.3 Å². The molecule has 2 N–H and O–H groups in total. The molecule has 98 valence electrons. The SMILES string of the molecule is O=c1ccccn1CCOc1cccc(B(O)O)c1. The first-order valence-corrected chi connectivity index (χ1v) is 5.91. The summed E-state index contributed by atoms with van der Waals surface area (Å²) in [6, 6.07) is 11.5. The lowest BCUT2D eigenvalue weighted by Crippen LogP contribution is -2.29. The molecule has 0 aliphatic rings. The summed E-state index contributed by atoms with van der Waals surface area (Å²) in [4.78, 5) is 11.4. The van der Waals surface area contributed by atoms with Gasteiger partial charge in [0.2, 0.25) is 0 Å². The summed E-state index contributed by atoms with van der Waals surface area (Å²) in [6.45, 7) is 0.764. The number of hydrogen-bond donors (Lipinski definition) is 2. The lowest BCUT2D eigenvalue weighted by Gasteiger charge is -2.09. The first kappa shape index (κ1) is 13.4. The van der Waals surface area contributed by atoms with Gasteiger partial charge in [-0.05, 0) is 23.7 Å². The van der Waals surface area contributed by atoms with Crippen LogP contribution in [0.2, 0.25) is 0 Å². The van der Waals surface area contributed by atoms with Crippen LogP contribution in [0.15, 0.2) is 53.5 Å². The highest BCUT2D eigenvalue weighted by atomic mass is 16.5. The van der Waals surface area contributed by atoms with Crippen LogP contribution < -0.4 is 15.8 Å². The molecule has 0 aliphatic carbocycles. The largest absolute Gasteiger partial charge is 0.492 e. The molecule has 1 heterocycles. The lowest BCUT2D eigenvalue weighted by atomic mass is 9.80. The number of rotatable bonds is 5. The Kier molecular flexibility index (Phi) is 4.38. The van der Waals surface area contributed by atoms with Gasteiger partial charge >= 0.3 is 7.12 Å². The van der Waals surface area contributed by atoms with E-state index >= 15 is 0 Å². The van der Waals surface area contributed by atoms with E-state index in [1.165, 1.54) is 6.07 Å². The normalized spacial score (nSPS) is 10.2. The Morgan fingerprint density at radius 2 is 2.00 bits per heavy atom. The molecule has 0 atom stereocenters. The molecule has 6 heteroatoms. The van der Waals surface area contributed by atoms with Crippen LogP contribution in [-0.2, 0) is 6.54 Å². The first-order chi connectivity index (χ1) is 9.16. The van der Waals surface area contributed by atoms with Gasteiger partial charge in [0.25, 0.3) is 5.56 Å². The lowest BCUT2D eigenvalue weighted by molar-refractivity contribution is 0.296. The highest BCUT2D eigenvalue weighted by Crippen LogP contribution is 2.07. The molecule has 0 aliphatic heterocycles. The Balaban J connectivity index is 1.94. The summed E-state index contributed by atoms with van der Waals surface area (Å²) in [5.41, 5.74) is 0.292. The molecule has 1 aromatic carbocycles. The number of hydrogen-bond acceptors (Lipinski definition) is 4. The number of aromatic nitrogens is 1. The maximum Gasteiger partial charge on any atom is 0.488 e. The van der Waals surface area contributed by atoms with Crippen molar-refractivity contribution >= 4 is 12.6 Å². The summed E-state index contributed by atoms with van der Waals surface area (Å²) in [6.07, 6.45) is 1.69. The Bertz CT molecular complexity index is 597. The zero-order valence-corrected chi connectivity index (χ0v) is 10.3. The maximum atomic E-state index is 11.4.